The van der Waals surface area contributed by atoms with Gasteiger partial charge in [-0.2, -0.15) is 0 Å². The molecule has 0 aromatic heterocycles. The lowest BCUT2D eigenvalue weighted by Gasteiger charge is -2.55. The summed E-state index contributed by atoms with van der Waals surface area (Å²) in [6, 6.07) is 0. The second-order valence-electron chi connectivity index (χ2n) is 5.78. The van der Waals surface area contributed by atoms with E-state index in [1.165, 1.54) is 0 Å². The molecule has 1 rings (SSSR count). The van der Waals surface area contributed by atoms with Gasteiger partial charge >= 0.3 is 7.02 Å². The van der Waals surface area contributed by atoms with Crippen LogP contribution in [0.5, 0.6) is 0 Å². The molecule has 0 saturated carbocycles. The molecule has 0 aromatic rings. The van der Waals surface area contributed by atoms with Crippen LogP contribution in [0.15, 0.2) is 0 Å². The fraction of sp³-hybridized carbons (Fsp3) is 1.00. The maximum Gasteiger partial charge on any atom is 0.560 e. The fourth-order valence-corrected chi connectivity index (χ4v) is 27.8. The zero-order valence-corrected chi connectivity index (χ0v) is 15.2. The SMILES string of the molecule is C[Si](C)(C)N1P[NH+]([Si](C)(C)C)[Si]1(Cl)Cl. The first kappa shape index (κ1) is 13.6. The first-order chi connectivity index (χ1) is 5.97. The molecule has 2 unspecified atom stereocenters. The molecule has 1 N–H and O–H groups in total. The van der Waals surface area contributed by atoms with Gasteiger partial charge in [-0.15, -0.1) is 0 Å². The highest BCUT2D eigenvalue weighted by molar-refractivity contribution is 7.61. The fourth-order valence-electron chi connectivity index (χ4n) is 1.52. The molecule has 0 aliphatic carbocycles. The molecule has 1 heterocycles. The van der Waals surface area contributed by atoms with Crippen molar-refractivity contribution >= 4 is 54.5 Å². The number of nitrogens with zero attached hydrogens (tertiary/aromatic N) is 1. The van der Waals surface area contributed by atoms with Crippen LogP contribution in [0.1, 0.15) is 0 Å². The van der Waals surface area contributed by atoms with Crippen molar-refractivity contribution in [3.8, 4) is 0 Å². The zero-order chi connectivity index (χ0) is 11.4. The van der Waals surface area contributed by atoms with Gasteiger partial charge in [-0.05, 0) is 19.6 Å². The Bertz CT molecular complexity index is 216. The lowest BCUT2D eigenvalue weighted by atomic mass is 11.8. The molecule has 0 bridgehead atoms. The van der Waals surface area contributed by atoms with Gasteiger partial charge in [0.1, 0.15) is 17.1 Å². The minimum atomic E-state index is -2.15. The van der Waals surface area contributed by atoms with E-state index in [4.69, 9.17) is 22.2 Å². The van der Waals surface area contributed by atoms with E-state index in [-0.39, 0.29) is 0 Å². The second kappa shape index (κ2) is 3.81. The van der Waals surface area contributed by atoms with Crippen molar-refractivity contribution in [3.63, 3.8) is 0 Å². The molecule has 0 spiro atoms. The maximum absolute atomic E-state index is 6.58. The first-order valence-electron chi connectivity index (χ1n) is 4.80. The van der Waals surface area contributed by atoms with Crippen LogP contribution in [0, 0.1) is 0 Å². The Morgan fingerprint density at radius 1 is 1.07 bits per heavy atom. The summed E-state index contributed by atoms with van der Waals surface area (Å²) in [5.74, 6) is 0. The van der Waals surface area contributed by atoms with Crippen LogP contribution < -0.4 is 4.00 Å². The van der Waals surface area contributed by atoms with Crippen molar-refractivity contribution in [3.05, 3.63) is 0 Å². The molecule has 0 amide bonds. The number of nitrogens with one attached hydrogen (secondary N) is 1. The summed E-state index contributed by atoms with van der Waals surface area (Å²) < 4.78 is 4.01. The average Bonchev–Trinajstić information content (AvgIpc) is 1.77. The van der Waals surface area contributed by atoms with Gasteiger partial charge in [-0.25, -0.2) is 4.00 Å². The molecule has 1 aliphatic heterocycles. The Labute approximate surface area is 102 Å². The summed E-state index contributed by atoms with van der Waals surface area (Å²) in [5, 5.41) is 0. The van der Waals surface area contributed by atoms with E-state index in [1.54, 1.807) is 4.00 Å². The summed E-state index contributed by atoms with van der Waals surface area (Å²) in [7, 11) is -3.83. The highest BCUT2D eigenvalue weighted by Crippen LogP contribution is 2.40. The van der Waals surface area contributed by atoms with Gasteiger partial charge in [0.15, 0.2) is 0 Å². The van der Waals surface area contributed by atoms with Gasteiger partial charge in [0.25, 0.3) is 8.24 Å². The van der Waals surface area contributed by atoms with E-state index in [0.717, 1.165) is 8.88 Å². The minimum Gasteiger partial charge on any atom is -0.394 e. The Morgan fingerprint density at radius 3 is 1.71 bits per heavy atom. The molecular formula is C6H20Cl2N2PSi3+. The smallest absolute Gasteiger partial charge is 0.394 e. The predicted molar refractivity (Wildman–Crippen MR) is 75.3 cm³/mol. The lowest BCUT2D eigenvalue weighted by molar-refractivity contribution is -0.535. The van der Waals surface area contributed by atoms with Crippen LogP contribution in [0.4, 0.5) is 0 Å². The Balaban J connectivity index is 2.79. The van der Waals surface area contributed by atoms with Crippen molar-refractivity contribution in [1.82, 2.24) is 4.00 Å². The third-order valence-corrected chi connectivity index (χ3v) is 26.5. The number of halogens is 2. The topological polar surface area (TPSA) is 7.68 Å². The molecule has 1 fully saturated rings. The summed E-state index contributed by atoms with van der Waals surface area (Å²) >= 11 is 13.2. The number of quaternary nitrogens is 1. The predicted octanol–water partition coefficient (Wildman–Crippen LogP) is 2.28. The van der Waals surface area contributed by atoms with Crippen LogP contribution >= 0.6 is 31.0 Å². The maximum atomic E-state index is 6.58. The molecule has 14 heavy (non-hydrogen) atoms. The van der Waals surface area contributed by atoms with E-state index in [2.05, 4.69) is 43.3 Å². The average molecular weight is 306 g/mol. The van der Waals surface area contributed by atoms with Crippen LogP contribution in [0.3, 0.4) is 0 Å². The largest absolute Gasteiger partial charge is 0.560 e. The van der Waals surface area contributed by atoms with E-state index in [1.807, 2.05) is 0 Å². The number of hydrogen-bond donors (Lipinski definition) is 1. The van der Waals surface area contributed by atoms with Crippen LogP contribution in [0.25, 0.3) is 0 Å². The van der Waals surface area contributed by atoms with E-state index in [0.29, 0.717) is 0 Å². The number of rotatable bonds is 2. The zero-order valence-electron chi connectivity index (χ0n) is 9.70. The van der Waals surface area contributed by atoms with Crippen LogP contribution in [-0.4, -0.2) is 27.5 Å². The summed E-state index contributed by atoms with van der Waals surface area (Å²) in [4.78, 5) is 0. The minimum absolute atomic E-state index is 0.829. The summed E-state index contributed by atoms with van der Waals surface area (Å²) in [6.07, 6.45) is 0. The summed E-state index contributed by atoms with van der Waals surface area (Å²) in [6.45, 7) is 14.0. The highest BCUT2D eigenvalue weighted by atomic mass is 35.7. The van der Waals surface area contributed by atoms with Crippen LogP contribution in [-0.2, 0) is 0 Å². The molecule has 2 atom stereocenters. The standard InChI is InChI=1S/C6H19Cl2N2PSi3/c1-12(2,3)9-11-10(13(4,5)6)14(9,7)8/h11H,1-6H3/p+1. The molecule has 1 saturated heterocycles. The first-order valence-corrected chi connectivity index (χ1v) is 16.7. The number of hydrogen-bond acceptors (Lipinski definition) is 1. The van der Waals surface area contributed by atoms with Crippen molar-refractivity contribution in [2.75, 3.05) is 0 Å². The molecule has 84 valence electrons. The molecule has 0 radical (unpaired) electrons. The van der Waals surface area contributed by atoms with E-state index in [9.17, 15) is 0 Å². The van der Waals surface area contributed by atoms with E-state index >= 15 is 0 Å². The van der Waals surface area contributed by atoms with Crippen molar-refractivity contribution in [2.45, 2.75) is 39.3 Å². The lowest BCUT2D eigenvalue weighted by Crippen LogP contribution is -3.31. The molecule has 1 aliphatic rings. The van der Waals surface area contributed by atoms with Gasteiger partial charge in [-0.3, -0.25) is 0 Å². The van der Waals surface area contributed by atoms with Gasteiger partial charge in [0, 0.05) is 0 Å². The summed E-state index contributed by atoms with van der Waals surface area (Å²) in [5.41, 5.74) is 0. The third-order valence-electron chi connectivity index (χ3n) is 2.23. The molecular weight excluding hydrogens is 286 g/mol. The Hall–Kier alpha value is 1.58. The van der Waals surface area contributed by atoms with Crippen molar-refractivity contribution < 1.29 is 4.00 Å². The van der Waals surface area contributed by atoms with Crippen LogP contribution in [0.2, 0.25) is 39.3 Å². The normalized spacial score (nSPS) is 30.4. The highest BCUT2D eigenvalue weighted by Gasteiger charge is 2.68. The van der Waals surface area contributed by atoms with Gasteiger partial charge < -0.3 is 4.00 Å². The van der Waals surface area contributed by atoms with Crippen molar-refractivity contribution in [2.24, 2.45) is 0 Å². The Kier molecular flexibility index (Phi) is 3.71. The second-order valence-corrected chi connectivity index (χ2v) is 25.5. The van der Waals surface area contributed by atoms with Gasteiger partial charge in [0.05, 0.1) is 0 Å². The Morgan fingerprint density at radius 2 is 1.50 bits per heavy atom. The quantitative estimate of drug-likeness (QED) is 0.467. The van der Waals surface area contributed by atoms with Gasteiger partial charge in [0.2, 0.25) is 0 Å². The third kappa shape index (κ3) is 2.46. The van der Waals surface area contributed by atoms with E-state index < -0.39 is 23.5 Å². The molecule has 0 aromatic carbocycles. The van der Waals surface area contributed by atoms with Gasteiger partial charge in [-0.1, -0.05) is 41.8 Å². The molecule has 8 heteroatoms. The molecule has 2 nitrogen and oxygen atoms in total. The van der Waals surface area contributed by atoms with Crippen molar-refractivity contribution in [1.29, 1.82) is 0 Å². The monoisotopic (exact) mass is 305 g/mol.